The van der Waals surface area contributed by atoms with Crippen LogP contribution in [0.25, 0.3) is 0 Å². The van der Waals surface area contributed by atoms with Crippen LogP contribution >= 0.6 is 0 Å². The third-order valence-electron chi connectivity index (χ3n) is 4.02. The molecule has 146 valence electrons. The molecule has 0 saturated carbocycles. The van der Waals surface area contributed by atoms with Crippen LogP contribution in [0.4, 0.5) is 5.69 Å². The van der Waals surface area contributed by atoms with Gasteiger partial charge in [0.25, 0.3) is 0 Å². The van der Waals surface area contributed by atoms with Gasteiger partial charge in [0.15, 0.2) is 0 Å². The van der Waals surface area contributed by atoms with Crippen molar-refractivity contribution in [1.29, 1.82) is 0 Å². The van der Waals surface area contributed by atoms with Crippen LogP contribution in [-0.2, 0) is 14.8 Å². The molecule has 0 aliphatic rings. The third-order valence-corrected chi connectivity index (χ3v) is 5.47. The number of benzene rings is 2. The van der Waals surface area contributed by atoms with Crippen molar-refractivity contribution in [2.24, 2.45) is 0 Å². The fraction of sp³-hybridized carbons (Fsp3) is 0.316. The summed E-state index contributed by atoms with van der Waals surface area (Å²) in [6, 6.07) is 8.25. The molecule has 2 aromatic carbocycles. The van der Waals surface area contributed by atoms with Crippen molar-refractivity contribution in [2.75, 3.05) is 26.1 Å². The molecule has 0 unspecified atom stereocenters. The van der Waals surface area contributed by atoms with Crippen molar-refractivity contribution in [1.82, 2.24) is 4.72 Å². The second-order valence-corrected chi connectivity index (χ2v) is 7.90. The topological polar surface area (TPSA) is 93.7 Å². The van der Waals surface area contributed by atoms with Crippen LogP contribution < -0.4 is 19.5 Å². The van der Waals surface area contributed by atoms with Gasteiger partial charge in [-0.3, -0.25) is 4.79 Å². The van der Waals surface area contributed by atoms with Crippen molar-refractivity contribution in [3.63, 3.8) is 0 Å². The van der Waals surface area contributed by atoms with Crippen LogP contribution in [0.2, 0.25) is 0 Å². The highest BCUT2D eigenvalue weighted by Gasteiger charge is 2.21. The summed E-state index contributed by atoms with van der Waals surface area (Å²) in [6.45, 7) is 5.36. The van der Waals surface area contributed by atoms with Gasteiger partial charge in [-0.1, -0.05) is 17.7 Å². The number of amides is 1. The van der Waals surface area contributed by atoms with E-state index in [0.717, 1.165) is 16.7 Å². The van der Waals surface area contributed by atoms with Crippen LogP contribution in [-0.4, -0.2) is 35.1 Å². The molecule has 0 bridgehead atoms. The zero-order valence-electron chi connectivity index (χ0n) is 16.0. The average Bonchev–Trinajstić information content (AvgIpc) is 2.62. The van der Waals surface area contributed by atoms with E-state index in [2.05, 4.69) is 10.0 Å². The quantitative estimate of drug-likeness (QED) is 0.755. The van der Waals surface area contributed by atoms with E-state index in [-0.39, 0.29) is 10.6 Å². The zero-order chi connectivity index (χ0) is 20.2. The number of nitrogens with one attached hydrogen (secondary N) is 2. The molecular weight excluding hydrogens is 368 g/mol. The molecule has 0 spiro atoms. The molecule has 0 aliphatic carbocycles. The Hall–Kier alpha value is -2.58. The van der Waals surface area contributed by atoms with E-state index in [1.165, 1.54) is 32.4 Å². The number of anilines is 1. The van der Waals surface area contributed by atoms with Crippen LogP contribution in [0.3, 0.4) is 0 Å². The summed E-state index contributed by atoms with van der Waals surface area (Å²) < 4.78 is 37.5. The molecule has 27 heavy (non-hydrogen) atoms. The SMILES string of the molecule is COc1ccc(S(=O)(=O)NCC(=O)Nc2c(C)cc(C)cc2C)c(OC)c1. The number of hydrogen-bond acceptors (Lipinski definition) is 5. The number of sulfonamides is 1. The second kappa shape index (κ2) is 8.41. The minimum absolute atomic E-state index is 0.0682. The lowest BCUT2D eigenvalue weighted by molar-refractivity contribution is -0.115. The smallest absolute Gasteiger partial charge is 0.244 e. The molecular formula is C19H24N2O5S. The Balaban J connectivity index is 2.13. The first kappa shape index (κ1) is 20.7. The largest absolute Gasteiger partial charge is 0.497 e. The van der Waals surface area contributed by atoms with Crippen LogP contribution in [0, 0.1) is 20.8 Å². The first-order valence-electron chi connectivity index (χ1n) is 8.27. The minimum Gasteiger partial charge on any atom is -0.497 e. The van der Waals surface area contributed by atoms with Gasteiger partial charge in [0.2, 0.25) is 15.9 Å². The Bertz CT molecular complexity index is 932. The molecule has 0 atom stereocenters. The van der Waals surface area contributed by atoms with E-state index >= 15 is 0 Å². The van der Waals surface area contributed by atoms with Gasteiger partial charge in [0.05, 0.1) is 20.8 Å². The third kappa shape index (κ3) is 4.99. The van der Waals surface area contributed by atoms with E-state index in [4.69, 9.17) is 9.47 Å². The Morgan fingerprint density at radius 3 is 2.19 bits per heavy atom. The minimum atomic E-state index is -3.93. The van der Waals surface area contributed by atoms with E-state index < -0.39 is 22.5 Å². The highest BCUT2D eigenvalue weighted by Crippen LogP contribution is 2.28. The molecule has 0 radical (unpaired) electrons. The van der Waals surface area contributed by atoms with Gasteiger partial charge in [-0.25, -0.2) is 13.1 Å². The highest BCUT2D eigenvalue weighted by atomic mass is 32.2. The fourth-order valence-electron chi connectivity index (χ4n) is 2.80. The lowest BCUT2D eigenvalue weighted by Gasteiger charge is -2.14. The molecule has 2 rings (SSSR count). The summed E-state index contributed by atoms with van der Waals surface area (Å²) in [5.74, 6) is 0.141. The fourth-order valence-corrected chi connectivity index (χ4v) is 3.93. The second-order valence-electron chi connectivity index (χ2n) is 6.16. The maximum absolute atomic E-state index is 12.5. The lowest BCUT2D eigenvalue weighted by Crippen LogP contribution is -2.33. The maximum atomic E-state index is 12.5. The van der Waals surface area contributed by atoms with E-state index in [1.54, 1.807) is 0 Å². The average molecular weight is 392 g/mol. The van der Waals surface area contributed by atoms with Crippen molar-refractivity contribution in [3.8, 4) is 11.5 Å². The molecule has 2 aromatic rings. The number of aryl methyl sites for hydroxylation is 3. The van der Waals surface area contributed by atoms with Crippen molar-refractivity contribution >= 4 is 21.6 Å². The monoisotopic (exact) mass is 392 g/mol. The summed E-state index contributed by atoms with van der Waals surface area (Å²) >= 11 is 0. The van der Waals surface area contributed by atoms with Crippen molar-refractivity contribution in [2.45, 2.75) is 25.7 Å². The molecule has 2 N–H and O–H groups in total. The summed E-state index contributed by atoms with van der Waals surface area (Å²) in [4.78, 5) is 12.2. The Kier molecular flexibility index (Phi) is 6.45. The first-order chi connectivity index (χ1) is 12.7. The molecule has 1 amide bonds. The van der Waals surface area contributed by atoms with Crippen LogP contribution in [0.15, 0.2) is 35.2 Å². The van der Waals surface area contributed by atoms with Gasteiger partial charge in [-0.2, -0.15) is 0 Å². The predicted octanol–water partition coefficient (Wildman–Crippen LogP) is 2.55. The molecule has 0 saturated heterocycles. The van der Waals surface area contributed by atoms with Gasteiger partial charge < -0.3 is 14.8 Å². The van der Waals surface area contributed by atoms with Crippen LogP contribution in [0.5, 0.6) is 11.5 Å². The summed E-state index contributed by atoms with van der Waals surface area (Å²) in [6.07, 6.45) is 0. The summed E-state index contributed by atoms with van der Waals surface area (Å²) in [5, 5.41) is 2.76. The predicted molar refractivity (Wildman–Crippen MR) is 104 cm³/mol. The standard InChI is InChI=1S/C19H24N2O5S/c1-12-8-13(2)19(14(3)9-12)21-18(22)11-20-27(23,24)17-7-6-15(25-4)10-16(17)26-5/h6-10,20H,11H2,1-5H3,(H,21,22). The molecule has 0 aromatic heterocycles. The van der Waals surface area contributed by atoms with Gasteiger partial charge >= 0.3 is 0 Å². The van der Waals surface area contributed by atoms with Gasteiger partial charge in [0, 0.05) is 11.8 Å². The number of methoxy groups -OCH3 is 2. The normalized spacial score (nSPS) is 11.1. The number of carbonyl (C=O) groups is 1. The maximum Gasteiger partial charge on any atom is 0.244 e. The molecule has 8 heteroatoms. The van der Waals surface area contributed by atoms with Gasteiger partial charge in [0.1, 0.15) is 16.4 Å². The number of hydrogen-bond donors (Lipinski definition) is 2. The van der Waals surface area contributed by atoms with Gasteiger partial charge in [-0.15, -0.1) is 0 Å². The number of carbonyl (C=O) groups excluding carboxylic acids is 1. The Labute approximate surface area is 159 Å². The molecule has 0 heterocycles. The summed E-state index contributed by atoms with van der Waals surface area (Å²) in [7, 11) is -1.10. The molecule has 7 nitrogen and oxygen atoms in total. The Morgan fingerprint density at radius 2 is 1.63 bits per heavy atom. The number of rotatable bonds is 7. The van der Waals surface area contributed by atoms with Gasteiger partial charge in [-0.05, 0) is 44.0 Å². The first-order valence-corrected chi connectivity index (χ1v) is 9.75. The molecule has 0 fully saturated rings. The van der Waals surface area contributed by atoms with E-state index in [0.29, 0.717) is 11.4 Å². The van der Waals surface area contributed by atoms with Crippen molar-refractivity contribution < 1.29 is 22.7 Å². The number of ether oxygens (including phenoxy) is 2. The van der Waals surface area contributed by atoms with E-state index in [9.17, 15) is 13.2 Å². The lowest BCUT2D eigenvalue weighted by atomic mass is 10.1. The summed E-state index contributed by atoms with van der Waals surface area (Å²) in [5.41, 5.74) is 3.61. The zero-order valence-corrected chi connectivity index (χ0v) is 16.9. The van der Waals surface area contributed by atoms with Crippen LogP contribution in [0.1, 0.15) is 16.7 Å². The highest BCUT2D eigenvalue weighted by molar-refractivity contribution is 7.89. The van der Waals surface area contributed by atoms with Crippen molar-refractivity contribution in [3.05, 3.63) is 47.0 Å². The Morgan fingerprint density at radius 1 is 1.00 bits per heavy atom. The molecule has 0 aliphatic heterocycles. The van der Waals surface area contributed by atoms with E-state index in [1.807, 2.05) is 32.9 Å².